The van der Waals surface area contributed by atoms with Crippen LogP contribution in [0.5, 0.6) is 0 Å². The molecule has 2 saturated heterocycles. The standard InChI is InChI=1S/C17H25N3O2S.ClH/c1-12(13-4-2-6-18-11-13)10-15(21)20-8-7-19-17(22)16(20)14-5-3-9-23-14;/h3,5,9,12-13,16,18H,2,4,6-8,10-11H2,1H3,(H,19,22);1H. The third-order valence-corrected chi connectivity index (χ3v) is 5.91. The summed E-state index contributed by atoms with van der Waals surface area (Å²) >= 11 is 1.54. The highest BCUT2D eigenvalue weighted by Gasteiger charge is 2.36. The van der Waals surface area contributed by atoms with Crippen LogP contribution in [0.4, 0.5) is 0 Å². The lowest BCUT2D eigenvalue weighted by Gasteiger charge is -2.36. The molecule has 0 spiro atoms. The quantitative estimate of drug-likeness (QED) is 0.852. The van der Waals surface area contributed by atoms with Gasteiger partial charge < -0.3 is 15.5 Å². The van der Waals surface area contributed by atoms with E-state index in [9.17, 15) is 9.59 Å². The van der Waals surface area contributed by atoms with Crippen LogP contribution in [0, 0.1) is 11.8 Å². The van der Waals surface area contributed by atoms with E-state index in [0.717, 1.165) is 18.0 Å². The molecule has 134 valence electrons. The fourth-order valence-electron chi connectivity index (χ4n) is 3.59. The molecule has 0 aromatic carbocycles. The molecule has 0 saturated carbocycles. The van der Waals surface area contributed by atoms with Gasteiger partial charge in [0.15, 0.2) is 0 Å². The van der Waals surface area contributed by atoms with E-state index < -0.39 is 6.04 Å². The number of hydrogen-bond acceptors (Lipinski definition) is 4. The average molecular weight is 372 g/mol. The minimum absolute atomic E-state index is 0. The molecule has 3 unspecified atom stereocenters. The van der Waals surface area contributed by atoms with Gasteiger partial charge in [-0.25, -0.2) is 0 Å². The first kappa shape index (κ1) is 19.2. The number of amides is 2. The molecule has 0 bridgehead atoms. The van der Waals surface area contributed by atoms with Gasteiger partial charge in [-0.2, -0.15) is 0 Å². The van der Waals surface area contributed by atoms with Crippen LogP contribution in [0.3, 0.4) is 0 Å². The fourth-order valence-corrected chi connectivity index (χ4v) is 4.42. The van der Waals surface area contributed by atoms with Crippen molar-refractivity contribution in [2.75, 3.05) is 26.2 Å². The van der Waals surface area contributed by atoms with Crippen LogP contribution >= 0.6 is 23.7 Å². The Morgan fingerprint density at radius 1 is 1.46 bits per heavy atom. The zero-order chi connectivity index (χ0) is 16.2. The van der Waals surface area contributed by atoms with Gasteiger partial charge in [-0.05, 0) is 49.2 Å². The molecule has 3 atom stereocenters. The molecule has 1 aromatic heterocycles. The van der Waals surface area contributed by atoms with Crippen LogP contribution in [0.15, 0.2) is 17.5 Å². The third kappa shape index (κ3) is 4.29. The van der Waals surface area contributed by atoms with Crippen LogP contribution in [0.25, 0.3) is 0 Å². The Bertz CT molecular complexity index is 546. The van der Waals surface area contributed by atoms with E-state index >= 15 is 0 Å². The summed E-state index contributed by atoms with van der Waals surface area (Å²) < 4.78 is 0. The predicted molar refractivity (Wildman–Crippen MR) is 98.4 cm³/mol. The maximum absolute atomic E-state index is 12.8. The van der Waals surface area contributed by atoms with Crippen molar-refractivity contribution in [1.29, 1.82) is 0 Å². The van der Waals surface area contributed by atoms with Gasteiger partial charge in [0.05, 0.1) is 0 Å². The second kappa shape index (κ2) is 8.83. The molecule has 0 aliphatic carbocycles. The third-order valence-electron chi connectivity index (χ3n) is 4.98. The summed E-state index contributed by atoms with van der Waals surface area (Å²) in [6.45, 7) is 5.40. The van der Waals surface area contributed by atoms with Gasteiger partial charge in [-0.1, -0.05) is 13.0 Å². The fraction of sp³-hybridized carbons (Fsp3) is 0.647. The molecular formula is C17H26ClN3O2S. The minimum Gasteiger partial charge on any atom is -0.352 e. The zero-order valence-electron chi connectivity index (χ0n) is 14.0. The maximum atomic E-state index is 12.8. The molecule has 2 aliphatic heterocycles. The summed E-state index contributed by atoms with van der Waals surface area (Å²) in [6, 6.07) is 3.42. The molecule has 3 rings (SSSR count). The first-order valence-electron chi connectivity index (χ1n) is 8.48. The van der Waals surface area contributed by atoms with Crippen molar-refractivity contribution in [3.05, 3.63) is 22.4 Å². The Morgan fingerprint density at radius 3 is 2.96 bits per heavy atom. The molecule has 2 amide bonds. The van der Waals surface area contributed by atoms with Gasteiger partial charge in [0.25, 0.3) is 0 Å². The SMILES string of the molecule is CC(CC(=O)N1CCNC(=O)C1c1cccs1)C1CCCNC1.Cl. The molecule has 0 radical (unpaired) electrons. The van der Waals surface area contributed by atoms with Crippen molar-refractivity contribution < 1.29 is 9.59 Å². The lowest BCUT2D eigenvalue weighted by molar-refractivity contribution is -0.144. The number of piperazine rings is 1. The van der Waals surface area contributed by atoms with Gasteiger partial charge in [0, 0.05) is 24.4 Å². The van der Waals surface area contributed by atoms with E-state index in [-0.39, 0.29) is 24.2 Å². The topological polar surface area (TPSA) is 61.4 Å². The number of hydrogen-bond donors (Lipinski definition) is 2. The summed E-state index contributed by atoms with van der Waals surface area (Å²) in [5.74, 6) is 0.964. The first-order valence-corrected chi connectivity index (χ1v) is 9.36. The zero-order valence-corrected chi connectivity index (χ0v) is 15.6. The molecule has 2 N–H and O–H groups in total. The summed E-state index contributed by atoms with van der Waals surface area (Å²) in [5, 5.41) is 8.26. The molecule has 5 nitrogen and oxygen atoms in total. The minimum atomic E-state index is -0.451. The summed E-state index contributed by atoms with van der Waals surface area (Å²) in [4.78, 5) is 27.8. The van der Waals surface area contributed by atoms with Crippen LogP contribution < -0.4 is 10.6 Å². The second-order valence-corrected chi connectivity index (χ2v) is 7.56. The lowest BCUT2D eigenvalue weighted by atomic mass is 9.85. The van der Waals surface area contributed by atoms with Crippen molar-refractivity contribution in [3.8, 4) is 0 Å². The number of nitrogens with one attached hydrogen (secondary N) is 2. The van der Waals surface area contributed by atoms with Crippen molar-refractivity contribution >= 4 is 35.6 Å². The second-order valence-electron chi connectivity index (χ2n) is 6.58. The number of rotatable bonds is 4. The Morgan fingerprint density at radius 2 is 2.29 bits per heavy atom. The van der Waals surface area contributed by atoms with Crippen LogP contribution in [-0.2, 0) is 9.59 Å². The Labute approximate surface area is 153 Å². The van der Waals surface area contributed by atoms with Gasteiger partial charge in [0.1, 0.15) is 6.04 Å². The van der Waals surface area contributed by atoms with E-state index in [1.165, 1.54) is 24.2 Å². The number of piperidine rings is 1. The van der Waals surface area contributed by atoms with Crippen LogP contribution in [0.2, 0.25) is 0 Å². The van der Waals surface area contributed by atoms with E-state index in [1.807, 2.05) is 17.5 Å². The number of carbonyl (C=O) groups excluding carboxylic acids is 2. The van der Waals surface area contributed by atoms with Gasteiger partial charge in [-0.15, -0.1) is 23.7 Å². The highest BCUT2D eigenvalue weighted by Crippen LogP contribution is 2.30. The van der Waals surface area contributed by atoms with E-state index in [2.05, 4.69) is 17.6 Å². The lowest BCUT2D eigenvalue weighted by Crippen LogP contribution is -2.52. The smallest absolute Gasteiger partial charge is 0.248 e. The number of thiophene rings is 1. The molecule has 1 aromatic rings. The molecular weight excluding hydrogens is 346 g/mol. The highest BCUT2D eigenvalue weighted by molar-refractivity contribution is 7.10. The first-order chi connectivity index (χ1) is 11.2. The summed E-state index contributed by atoms with van der Waals surface area (Å²) in [6.07, 6.45) is 2.91. The number of nitrogens with zero attached hydrogens (tertiary/aromatic N) is 1. The van der Waals surface area contributed by atoms with Gasteiger partial charge >= 0.3 is 0 Å². The monoisotopic (exact) mass is 371 g/mol. The molecule has 24 heavy (non-hydrogen) atoms. The molecule has 3 heterocycles. The molecule has 7 heteroatoms. The van der Waals surface area contributed by atoms with Crippen LogP contribution in [0.1, 0.15) is 37.1 Å². The Hall–Kier alpha value is -1.11. The maximum Gasteiger partial charge on any atom is 0.248 e. The summed E-state index contributed by atoms with van der Waals surface area (Å²) in [7, 11) is 0. The highest BCUT2D eigenvalue weighted by atomic mass is 35.5. The van der Waals surface area contributed by atoms with Crippen molar-refractivity contribution in [2.24, 2.45) is 11.8 Å². The molecule has 2 aliphatic rings. The van der Waals surface area contributed by atoms with Crippen LogP contribution in [-0.4, -0.2) is 42.9 Å². The molecule has 2 fully saturated rings. The normalized spacial score (nSPS) is 25.5. The largest absolute Gasteiger partial charge is 0.352 e. The Balaban J connectivity index is 0.00000208. The van der Waals surface area contributed by atoms with Crippen molar-refractivity contribution in [3.63, 3.8) is 0 Å². The average Bonchev–Trinajstić information content (AvgIpc) is 3.09. The number of halogens is 1. The predicted octanol–water partition coefficient (Wildman–Crippen LogP) is 2.20. The number of carbonyl (C=O) groups is 2. The van der Waals surface area contributed by atoms with E-state index in [1.54, 1.807) is 4.90 Å². The Kier molecular flexibility index (Phi) is 7.07. The van der Waals surface area contributed by atoms with E-state index in [4.69, 9.17) is 0 Å². The van der Waals surface area contributed by atoms with Gasteiger partial charge in [0.2, 0.25) is 11.8 Å². The van der Waals surface area contributed by atoms with Gasteiger partial charge in [-0.3, -0.25) is 9.59 Å². The van der Waals surface area contributed by atoms with E-state index in [0.29, 0.717) is 31.3 Å². The van der Waals surface area contributed by atoms with Crippen molar-refractivity contribution in [1.82, 2.24) is 15.5 Å². The summed E-state index contributed by atoms with van der Waals surface area (Å²) in [5.41, 5.74) is 0. The van der Waals surface area contributed by atoms with Crippen molar-refractivity contribution in [2.45, 2.75) is 32.2 Å².